The average molecular weight is 237 g/mol. The van der Waals surface area contributed by atoms with E-state index in [-0.39, 0.29) is 12.1 Å². The van der Waals surface area contributed by atoms with Crippen LogP contribution in [0.25, 0.3) is 0 Å². The van der Waals surface area contributed by atoms with Gasteiger partial charge < -0.3 is 5.73 Å². The predicted molar refractivity (Wildman–Crippen MR) is 56.3 cm³/mol. The molecule has 1 rings (SSSR count). The number of amidine groups is 1. The third-order valence-electron chi connectivity index (χ3n) is 3.25. The normalized spacial score (nSPS) is 23.3. The Bertz CT molecular complexity index is 273. The minimum Gasteiger partial charge on any atom is -0.387 e. The number of halogens is 3. The Kier molecular flexibility index (Phi) is 3.52. The number of nitrogens with one attached hydrogen (secondary N) is 1. The van der Waals surface area contributed by atoms with Crippen LogP contribution in [0, 0.1) is 11.3 Å². The lowest BCUT2D eigenvalue weighted by Crippen LogP contribution is -2.48. The molecule has 3 nitrogen and oxygen atoms in total. The van der Waals surface area contributed by atoms with Gasteiger partial charge in [0.2, 0.25) is 0 Å². The summed E-state index contributed by atoms with van der Waals surface area (Å²) < 4.78 is 37.9. The van der Waals surface area contributed by atoms with Gasteiger partial charge in [-0.1, -0.05) is 0 Å². The van der Waals surface area contributed by atoms with Crippen LogP contribution >= 0.6 is 0 Å². The summed E-state index contributed by atoms with van der Waals surface area (Å²) in [5.74, 6) is -2.64. The third kappa shape index (κ3) is 2.87. The molecule has 0 aromatic rings. The predicted octanol–water partition coefficient (Wildman–Crippen LogP) is 1.98. The topological polar surface area (TPSA) is 53.1 Å². The van der Waals surface area contributed by atoms with Crippen molar-refractivity contribution in [2.24, 2.45) is 11.7 Å². The van der Waals surface area contributed by atoms with Crippen LogP contribution in [0.15, 0.2) is 0 Å². The van der Waals surface area contributed by atoms with E-state index < -0.39 is 17.9 Å². The molecule has 0 saturated carbocycles. The molecule has 94 valence electrons. The first-order chi connectivity index (χ1) is 7.14. The Labute approximate surface area is 93.3 Å². The fourth-order valence-corrected chi connectivity index (χ4v) is 2.10. The highest BCUT2D eigenvalue weighted by Crippen LogP contribution is 2.33. The Morgan fingerprint density at radius 1 is 1.50 bits per heavy atom. The first-order valence-corrected chi connectivity index (χ1v) is 5.30. The summed E-state index contributed by atoms with van der Waals surface area (Å²) in [6.07, 6.45) is -2.64. The molecule has 16 heavy (non-hydrogen) atoms. The van der Waals surface area contributed by atoms with Crippen LogP contribution in [0.1, 0.15) is 26.7 Å². The molecule has 0 aliphatic carbocycles. The lowest BCUT2D eigenvalue weighted by molar-refractivity contribution is -0.161. The zero-order valence-corrected chi connectivity index (χ0v) is 9.56. The average Bonchev–Trinajstić information content (AvgIpc) is 2.38. The second-order valence-corrected chi connectivity index (χ2v) is 4.91. The first-order valence-electron chi connectivity index (χ1n) is 5.30. The van der Waals surface area contributed by atoms with Crippen molar-refractivity contribution in [3.05, 3.63) is 0 Å². The van der Waals surface area contributed by atoms with E-state index in [4.69, 9.17) is 11.1 Å². The monoisotopic (exact) mass is 237 g/mol. The summed E-state index contributed by atoms with van der Waals surface area (Å²) in [6.45, 7) is 4.29. The molecule has 0 radical (unpaired) electrons. The summed E-state index contributed by atoms with van der Waals surface area (Å²) in [6, 6.07) is 0. The highest BCUT2D eigenvalue weighted by atomic mass is 19.4. The lowest BCUT2D eigenvalue weighted by Gasteiger charge is -2.34. The van der Waals surface area contributed by atoms with Crippen LogP contribution in [0.5, 0.6) is 0 Å². The van der Waals surface area contributed by atoms with Gasteiger partial charge in [0.05, 0.1) is 0 Å². The molecule has 0 aromatic carbocycles. The number of nitrogens with zero attached hydrogens (tertiary/aromatic N) is 1. The Balaban J connectivity index is 2.73. The van der Waals surface area contributed by atoms with Crippen molar-refractivity contribution in [2.75, 3.05) is 13.1 Å². The summed E-state index contributed by atoms with van der Waals surface area (Å²) >= 11 is 0. The van der Waals surface area contributed by atoms with Crippen LogP contribution in [-0.4, -0.2) is 35.5 Å². The van der Waals surface area contributed by atoms with E-state index in [1.165, 1.54) is 0 Å². The Hall–Kier alpha value is -0.780. The van der Waals surface area contributed by atoms with Crippen molar-refractivity contribution >= 4 is 5.84 Å². The van der Waals surface area contributed by atoms with Gasteiger partial charge in [0.25, 0.3) is 0 Å². The maximum Gasteiger partial charge on any atom is 0.399 e. The SMILES string of the molecule is CC1(C)CCCN1CC(C(=N)N)C(F)(F)F. The summed E-state index contributed by atoms with van der Waals surface area (Å²) in [4.78, 5) is 1.77. The number of hydrogen-bond acceptors (Lipinski definition) is 2. The van der Waals surface area contributed by atoms with Crippen molar-refractivity contribution in [3.8, 4) is 0 Å². The highest BCUT2D eigenvalue weighted by molar-refractivity contribution is 5.80. The van der Waals surface area contributed by atoms with E-state index >= 15 is 0 Å². The molecule has 6 heteroatoms. The fraction of sp³-hybridized carbons (Fsp3) is 0.900. The highest BCUT2D eigenvalue weighted by Gasteiger charge is 2.45. The van der Waals surface area contributed by atoms with E-state index in [9.17, 15) is 13.2 Å². The van der Waals surface area contributed by atoms with Gasteiger partial charge >= 0.3 is 6.18 Å². The summed E-state index contributed by atoms with van der Waals surface area (Å²) in [7, 11) is 0. The molecule has 3 N–H and O–H groups in total. The van der Waals surface area contributed by atoms with Crippen molar-refractivity contribution < 1.29 is 13.2 Å². The molecule has 0 spiro atoms. The van der Waals surface area contributed by atoms with Crippen molar-refractivity contribution in [3.63, 3.8) is 0 Å². The van der Waals surface area contributed by atoms with E-state index in [2.05, 4.69) is 0 Å². The number of likely N-dealkylation sites (tertiary alicyclic amines) is 1. The quantitative estimate of drug-likeness (QED) is 0.582. The molecular formula is C10H18F3N3. The van der Waals surface area contributed by atoms with Crippen molar-refractivity contribution in [1.82, 2.24) is 4.90 Å². The molecule has 1 atom stereocenters. The molecule has 1 saturated heterocycles. The maximum atomic E-state index is 12.6. The number of alkyl halides is 3. The number of rotatable bonds is 3. The molecule has 0 amide bonds. The smallest absolute Gasteiger partial charge is 0.387 e. The Morgan fingerprint density at radius 3 is 2.38 bits per heavy atom. The maximum absolute atomic E-state index is 12.6. The van der Waals surface area contributed by atoms with Gasteiger partial charge in [-0.25, -0.2) is 0 Å². The van der Waals surface area contributed by atoms with Gasteiger partial charge in [-0.15, -0.1) is 0 Å². The van der Waals surface area contributed by atoms with E-state index in [0.717, 1.165) is 12.8 Å². The molecule has 1 aliphatic rings. The van der Waals surface area contributed by atoms with Crippen molar-refractivity contribution in [2.45, 2.75) is 38.4 Å². The lowest BCUT2D eigenvalue weighted by atomic mass is 10.00. The van der Waals surface area contributed by atoms with Crippen LogP contribution in [0.2, 0.25) is 0 Å². The summed E-state index contributed by atoms with van der Waals surface area (Å²) in [5.41, 5.74) is 4.80. The molecule has 0 bridgehead atoms. The van der Waals surface area contributed by atoms with Crippen LogP contribution in [0.4, 0.5) is 13.2 Å². The van der Waals surface area contributed by atoms with Gasteiger partial charge in [-0.2, -0.15) is 13.2 Å². The molecular weight excluding hydrogens is 219 g/mol. The van der Waals surface area contributed by atoms with Crippen molar-refractivity contribution in [1.29, 1.82) is 5.41 Å². The molecule has 1 aliphatic heterocycles. The minimum absolute atomic E-state index is 0.203. The van der Waals surface area contributed by atoms with Gasteiger partial charge in [0, 0.05) is 12.1 Å². The van der Waals surface area contributed by atoms with Crippen LogP contribution in [-0.2, 0) is 0 Å². The second-order valence-electron chi connectivity index (χ2n) is 4.91. The number of hydrogen-bond donors (Lipinski definition) is 2. The second kappa shape index (κ2) is 4.24. The van der Waals surface area contributed by atoms with Crippen LogP contribution in [0.3, 0.4) is 0 Å². The zero-order chi connectivity index (χ0) is 12.6. The third-order valence-corrected chi connectivity index (χ3v) is 3.25. The van der Waals surface area contributed by atoms with Gasteiger partial charge in [-0.3, -0.25) is 10.3 Å². The zero-order valence-electron chi connectivity index (χ0n) is 9.56. The van der Waals surface area contributed by atoms with Crippen LogP contribution < -0.4 is 5.73 Å². The number of nitrogens with two attached hydrogens (primary N) is 1. The van der Waals surface area contributed by atoms with E-state index in [1.54, 1.807) is 4.90 Å². The first kappa shape index (κ1) is 13.3. The van der Waals surface area contributed by atoms with E-state index in [0.29, 0.717) is 6.54 Å². The van der Waals surface area contributed by atoms with Gasteiger partial charge in [0.15, 0.2) is 0 Å². The molecule has 1 heterocycles. The molecule has 1 fully saturated rings. The van der Waals surface area contributed by atoms with Gasteiger partial charge in [0.1, 0.15) is 11.8 Å². The Morgan fingerprint density at radius 2 is 2.06 bits per heavy atom. The standard InChI is InChI=1S/C10H18F3N3/c1-9(2)4-3-5-16(9)6-7(8(14)15)10(11,12)13/h7H,3-6H2,1-2H3,(H3,14,15). The summed E-state index contributed by atoms with van der Waals surface area (Å²) in [5, 5.41) is 7.03. The largest absolute Gasteiger partial charge is 0.399 e. The molecule has 0 aromatic heterocycles. The van der Waals surface area contributed by atoms with E-state index in [1.807, 2.05) is 13.8 Å². The molecule has 1 unspecified atom stereocenters. The minimum atomic E-state index is -4.43. The van der Waals surface area contributed by atoms with Gasteiger partial charge in [-0.05, 0) is 33.2 Å². The fourth-order valence-electron chi connectivity index (χ4n) is 2.10.